The maximum Gasteiger partial charge on any atom is 0.321 e. The number of benzene rings is 2. The van der Waals surface area contributed by atoms with Crippen LogP contribution in [0.25, 0.3) is 0 Å². The zero-order valence-electron chi connectivity index (χ0n) is 19.1. The van der Waals surface area contributed by atoms with E-state index in [9.17, 15) is 14.0 Å². The number of rotatable bonds is 4. The molecule has 0 spiro atoms. The van der Waals surface area contributed by atoms with Crippen molar-refractivity contribution in [3.8, 4) is 0 Å². The van der Waals surface area contributed by atoms with Crippen molar-refractivity contribution in [3.05, 3.63) is 54.3 Å². The standard InChI is InChI=1S/C25H31FN4O3/c1-17-14-30(15-18(2)33-17)23-11-10-21(13-22(23)26)27-24(31)19-7-6-12-29(16-19)25(32)28-20-8-4-3-5-9-20/h3-5,8-11,13,17-19H,6-7,12,14-16H2,1-2H3,(H,27,31)(H,28,32). The molecular weight excluding hydrogens is 423 g/mol. The van der Waals surface area contributed by atoms with E-state index >= 15 is 0 Å². The predicted molar refractivity (Wildman–Crippen MR) is 127 cm³/mol. The Kier molecular flexibility index (Phi) is 7.13. The minimum Gasteiger partial charge on any atom is -0.372 e. The number of likely N-dealkylation sites (tertiary alicyclic amines) is 1. The summed E-state index contributed by atoms with van der Waals surface area (Å²) in [5.74, 6) is -0.918. The highest BCUT2D eigenvalue weighted by Gasteiger charge is 2.29. The van der Waals surface area contributed by atoms with Gasteiger partial charge in [-0.25, -0.2) is 9.18 Å². The van der Waals surface area contributed by atoms with Crippen LogP contribution in [0.4, 0.5) is 26.2 Å². The summed E-state index contributed by atoms with van der Waals surface area (Å²) in [5.41, 5.74) is 1.64. The molecule has 7 nitrogen and oxygen atoms in total. The van der Waals surface area contributed by atoms with Gasteiger partial charge in [-0.15, -0.1) is 0 Å². The third-order valence-corrected chi connectivity index (χ3v) is 6.08. The van der Waals surface area contributed by atoms with Gasteiger partial charge >= 0.3 is 6.03 Å². The summed E-state index contributed by atoms with van der Waals surface area (Å²) in [5, 5.41) is 5.69. The average molecular weight is 455 g/mol. The van der Waals surface area contributed by atoms with Crippen molar-refractivity contribution >= 4 is 29.0 Å². The summed E-state index contributed by atoms with van der Waals surface area (Å²) in [6.07, 6.45) is 1.48. The van der Waals surface area contributed by atoms with Crippen LogP contribution < -0.4 is 15.5 Å². The second-order valence-electron chi connectivity index (χ2n) is 8.90. The van der Waals surface area contributed by atoms with Crippen molar-refractivity contribution in [2.24, 2.45) is 5.92 Å². The number of halogens is 1. The molecule has 0 bridgehead atoms. The van der Waals surface area contributed by atoms with Gasteiger partial charge < -0.3 is 25.2 Å². The number of amides is 3. The van der Waals surface area contributed by atoms with Gasteiger partial charge in [0.25, 0.3) is 0 Å². The molecule has 2 saturated heterocycles. The Morgan fingerprint density at radius 3 is 2.39 bits per heavy atom. The number of anilines is 3. The third kappa shape index (κ3) is 5.82. The molecule has 33 heavy (non-hydrogen) atoms. The molecule has 3 atom stereocenters. The van der Waals surface area contributed by atoms with Crippen LogP contribution in [0.1, 0.15) is 26.7 Å². The number of morpholine rings is 1. The number of ether oxygens (including phenoxy) is 1. The molecule has 2 fully saturated rings. The van der Waals surface area contributed by atoms with Gasteiger partial charge in [0.2, 0.25) is 5.91 Å². The van der Waals surface area contributed by atoms with Crippen molar-refractivity contribution in [3.63, 3.8) is 0 Å². The van der Waals surface area contributed by atoms with Crippen molar-refractivity contribution < 1.29 is 18.7 Å². The maximum atomic E-state index is 14.9. The Hall–Kier alpha value is -3.13. The van der Waals surface area contributed by atoms with E-state index in [1.807, 2.05) is 49.1 Å². The smallest absolute Gasteiger partial charge is 0.321 e. The van der Waals surface area contributed by atoms with Crippen LogP contribution in [-0.2, 0) is 9.53 Å². The SMILES string of the molecule is CC1CN(c2ccc(NC(=O)C3CCCN(C(=O)Nc4ccccc4)C3)cc2F)CC(C)O1. The van der Waals surface area contributed by atoms with Crippen LogP contribution in [0.2, 0.25) is 0 Å². The molecule has 3 amide bonds. The van der Waals surface area contributed by atoms with Gasteiger partial charge in [0, 0.05) is 37.6 Å². The van der Waals surface area contributed by atoms with Gasteiger partial charge in [-0.1, -0.05) is 18.2 Å². The van der Waals surface area contributed by atoms with Crippen LogP contribution in [0.3, 0.4) is 0 Å². The molecule has 176 valence electrons. The largest absolute Gasteiger partial charge is 0.372 e. The van der Waals surface area contributed by atoms with Crippen LogP contribution in [0, 0.1) is 11.7 Å². The molecule has 2 heterocycles. The minimum atomic E-state index is -0.374. The number of nitrogens with zero attached hydrogens (tertiary/aromatic N) is 2. The molecule has 0 aromatic heterocycles. The van der Waals surface area contributed by atoms with E-state index < -0.39 is 0 Å². The molecule has 2 N–H and O–H groups in total. The molecule has 2 aromatic carbocycles. The van der Waals surface area contributed by atoms with E-state index in [1.165, 1.54) is 6.07 Å². The first-order valence-corrected chi connectivity index (χ1v) is 11.5. The van der Waals surface area contributed by atoms with Gasteiger partial charge in [0.05, 0.1) is 23.8 Å². The highest BCUT2D eigenvalue weighted by atomic mass is 19.1. The highest BCUT2D eigenvalue weighted by Crippen LogP contribution is 2.27. The lowest BCUT2D eigenvalue weighted by molar-refractivity contribution is -0.121. The summed E-state index contributed by atoms with van der Waals surface area (Å²) < 4.78 is 20.6. The summed E-state index contributed by atoms with van der Waals surface area (Å²) in [4.78, 5) is 29.1. The molecule has 2 aliphatic heterocycles. The van der Waals surface area contributed by atoms with Gasteiger partial charge in [0.1, 0.15) is 5.82 Å². The highest BCUT2D eigenvalue weighted by molar-refractivity contribution is 5.94. The number of urea groups is 1. The summed E-state index contributed by atoms with van der Waals surface area (Å²) in [7, 11) is 0. The van der Waals surface area contributed by atoms with E-state index in [0.717, 1.165) is 6.42 Å². The molecule has 0 aliphatic carbocycles. The Morgan fingerprint density at radius 1 is 0.970 bits per heavy atom. The first-order chi connectivity index (χ1) is 15.9. The lowest BCUT2D eigenvalue weighted by atomic mass is 9.97. The fourth-order valence-electron chi connectivity index (χ4n) is 4.56. The average Bonchev–Trinajstić information content (AvgIpc) is 2.79. The molecule has 8 heteroatoms. The number of carbonyl (C=O) groups excluding carboxylic acids is 2. The second-order valence-corrected chi connectivity index (χ2v) is 8.90. The van der Waals surface area contributed by atoms with Gasteiger partial charge in [-0.3, -0.25) is 4.79 Å². The molecule has 2 aromatic rings. The second kappa shape index (κ2) is 10.2. The van der Waals surface area contributed by atoms with E-state index in [0.29, 0.717) is 49.7 Å². The predicted octanol–water partition coefficient (Wildman–Crippen LogP) is 4.32. The topological polar surface area (TPSA) is 73.9 Å². The maximum absolute atomic E-state index is 14.9. The van der Waals surface area contributed by atoms with E-state index in [-0.39, 0.29) is 35.9 Å². The van der Waals surface area contributed by atoms with E-state index in [2.05, 4.69) is 10.6 Å². The summed E-state index contributed by atoms with van der Waals surface area (Å²) in [6, 6.07) is 13.8. The van der Waals surface area contributed by atoms with Crippen LogP contribution in [0.15, 0.2) is 48.5 Å². The van der Waals surface area contributed by atoms with Gasteiger partial charge in [-0.05, 0) is 57.0 Å². The first kappa shape index (κ1) is 23.0. The Balaban J connectivity index is 1.35. The molecule has 3 unspecified atom stereocenters. The molecule has 2 aliphatic rings. The van der Waals surface area contributed by atoms with Crippen molar-refractivity contribution in [2.75, 3.05) is 41.7 Å². The molecule has 4 rings (SSSR count). The monoisotopic (exact) mass is 454 g/mol. The van der Waals surface area contributed by atoms with Gasteiger partial charge in [-0.2, -0.15) is 0 Å². The fraction of sp³-hybridized carbons (Fsp3) is 0.440. The number of piperidine rings is 1. The summed E-state index contributed by atoms with van der Waals surface area (Å²) >= 11 is 0. The van der Waals surface area contributed by atoms with Crippen LogP contribution >= 0.6 is 0 Å². The zero-order valence-corrected chi connectivity index (χ0v) is 19.1. The van der Waals surface area contributed by atoms with Crippen molar-refractivity contribution in [1.82, 2.24) is 4.90 Å². The first-order valence-electron chi connectivity index (χ1n) is 11.5. The molecule has 0 radical (unpaired) electrons. The van der Waals surface area contributed by atoms with E-state index in [4.69, 9.17) is 4.74 Å². The number of carbonyl (C=O) groups is 2. The zero-order chi connectivity index (χ0) is 23.4. The number of hydrogen-bond donors (Lipinski definition) is 2. The number of nitrogens with one attached hydrogen (secondary N) is 2. The van der Waals surface area contributed by atoms with Crippen molar-refractivity contribution in [1.29, 1.82) is 0 Å². The Bertz CT molecular complexity index is 977. The number of para-hydroxylation sites is 1. The quantitative estimate of drug-likeness (QED) is 0.722. The van der Waals surface area contributed by atoms with Crippen LogP contribution in [0.5, 0.6) is 0 Å². The summed E-state index contributed by atoms with van der Waals surface area (Å²) in [6.45, 7) is 6.12. The molecular formula is C25H31FN4O3. The lowest BCUT2D eigenvalue weighted by Crippen LogP contribution is -2.46. The fourth-order valence-corrected chi connectivity index (χ4v) is 4.56. The molecule has 0 saturated carbocycles. The number of hydrogen-bond acceptors (Lipinski definition) is 4. The Labute approximate surface area is 193 Å². The van der Waals surface area contributed by atoms with E-state index in [1.54, 1.807) is 17.0 Å². The van der Waals surface area contributed by atoms with Crippen molar-refractivity contribution in [2.45, 2.75) is 38.9 Å². The normalized spacial score (nSPS) is 23.2. The Morgan fingerprint density at radius 2 is 1.70 bits per heavy atom. The minimum absolute atomic E-state index is 0.0286. The van der Waals surface area contributed by atoms with Crippen LogP contribution in [-0.4, -0.2) is 55.2 Å². The van der Waals surface area contributed by atoms with Gasteiger partial charge in [0.15, 0.2) is 0 Å². The lowest BCUT2D eigenvalue weighted by Gasteiger charge is -2.37. The third-order valence-electron chi connectivity index (χ3n) is 6.08.